The van der Waals surface area contributed by atoms with Crippen LogP contribution in [0.25, 0.3) is 0 Å². The van der Waals surface area contributed by atoms with E-state index < -0.39 is 30.0 Å². The zero-order valence-corrected chi connectivity index (χ0v) is 10.9. The molecular weight excluding hydrogens is 275 g/mol. The molecule has 1 fully saturated rings. The van der Waals surface area contributed by atoms with Crippen molar-refractivity contribution in [3.8, 4) is 0 Å². The van der Waals surface area contributed by atoms with Crippen molar-refractivity contribution in [1.29, 1.82) is 0 Å². The van der Waals surface area contributed by atoms with E-state index in [0.29, 0.717) is 5.17 Å². The third-order valence-electron chi connectivity index (χ3n) is 3.39. The zero-order chi connectivity index (χ0) is 13.6. The Labute approximate surface area is 112 Å². The van der Waals surface area contributed by atoms with Crippen molar-refractivity contribution >= 4 is 16.9 Å². The highest BCUT2D eigenvalue weighted by Crippen LogP contribution is 2.41. The number of hydrazine groups is 1. The Balaban J connectivity index is 1.96. The van der Waals surface area contributed by atoms with Gasteiger partial charge in [-0.2, -0.15) is 5.01 Å². The van der Waals surface area contributed by atoms with Crippen molar-refractivity contribution in [1.82, 2.24) is 10.4 Å². The standard InChI is InChI=1S/C12H12F3N3S/c1-19-12-16-11-8(15)5-9(18(11)17-12)10-6(13)3-2-4-7(10)14/h2-4,8-9,11H,5H2,1H3,(H,16,17)/t8-,9-,11?/m0/s1. The number of halogens is 3. The van der Waals surface area contributed by atoms with Gasteiger partial charge in [-0.25, -0.2) is 18.2 Å². The molecule has 0 amide bonds. The van der Waals surface area contributed by atoms with Crippen LogP contribution >= 0.6 is 11.8 Å². The molecule has 0 aliphatic carbocycles. The summed E-state index contributed by atoms with van der Waals surface area (Å²) < 4.78 is 41.6. The summed E-state index contributed by atoms with van der Waals surface area (Å²) in [5.74, 6) is -1.31. The molecule has 0 saturated carbocycles. The molecule has 1 unspecified atom stereocenters. The summed E-state index contributed by atoms with van der Waals surface area (Å²) in [6, 6.07) is 2.99. The summed E-state index contributed by atoms with van der Waals surface area (Å²) >= 11 is 1.34. The molecule has 0 spiro atoms. The van der Waals surface area contributed by atoms with Gasteiger partial charge in [-0.1, -0.05) is 17.8 Å². The van der Waals surface area contributed by atoms with Crippen molar-refractivity contribution in [3.63, 3.8) is 0 Å². The molecule has 3 atom stereocenters. The number of rotatable bonds is 1. The van der Waals surface area contributed by atoms with Crippen molar-refractivity contribution < 1.29 is 13.2 Å². The molecule has 1 aromatic carbocycles. The van der Waals surface area contributed by atoms with Gasteiger partial charge in [0.1, 0.15) is 17.8 Å². The number of hydrogen-bond donors (Lipinski definition) is 1. The Hall–Kier alpha value is -1.21. The molecular formula is C12H12F3N3S. The minimum atomic E-state index is -1.24. The molecule has 0 aromatic heterocycles. The van der Waals surface area contributed by atoms with Gasteiger partial charge in [-0.15, -0.1) is 0 Å². The van der Waals surface area contributed by atoms with Gasteiger partial charge >= 0.3 is 0 Å². The number of thioether (sulfide) groups is 1. The largest absolute Gasteiger partial charge is 0.295 e. The van der Waals surface area contributed by atoms with Crippen molar-refractivity contribution in [3.05, 3.63) is 35.4 Å². The van der Waals surface area contributed by atoms with E-state index in [0.717, 1.165) is 0 Å². The predicted molar refractivity (Wildman–Crippen MR) is 68.3 cm³/mol. The lowest BCUT2D eigenvalue weighted by Crippen LogP contribution is -2.39. The van der Waals surface area contributed by atoms with E-state index in [1.165, 1.54) is 35.0 Å². The third kappa shape index (κ3) is 2.01. The molecule has 7 heteroatoms. The highest BCUT2D eigenvalue weighted by atomic mass is 32.2. The van der Waals surface area contributed by atoms with Crippen LogP contribution in [-0.4, -0.2) is 28.8 Å². The molecule has 1 saturated heterocycles. The molecule has 0 radical (unpaired) electrons. The second-order valence-corrected chi connectivity index (χ2v) is 5.27. The molecule has 2 aliphatic heterocycles. The highest BCUT2D eigenvalue weighted by molar-refractivity contribution is 8.13. The first-order chi connectivity index (χ1) is 9.11. The molecule has 102 valence electrons. The number of nitrogens with zero attached hydrogens (tertiary/aromatic N) is 2. The van der Waals surface area contributed by atoms with Gasteiger partial charge in [0.2, 0.25) is 0 Å². The summed E-state index contributed by atoms with van der Waals surface area (Å²) in [6.07, 6.45) is -0.103. The van der Waals surface area contributed by atoms with Crippen LogP contribution < -0.4 is 5.43 Å². The first-order valence-electron chi connectivity index (χ1n) is 5.86. The van der Waals surface area contributed by atoms with Crippen LogP contribution in [0.15, 0.2) is 23.2 Å². The zero-order valence-electron chi connectivity index (χ0n) is 10.1. The summed E-state index contributed by atoms with van der Waals surface area (Å²) in [6.45, 7) is 0. The maximum atomic E-state index is 13.9. The van der Waals surface area contributed by atoms with E-state index in [-0.39, 0.29) is 12.0 Å². The lowest BCUT2D eigenvalue weighted by Gasteiger charge is -2.24. The smallest absolute Gasteiger partial charge is 0.172 e. The van der Waals surface area contributed by atoms with Gasteiger partial charge in [-0.05, 0) is 18.4 Å². The number of benzene rings is 1. The average molecular weight is 287 g/mol. The molecule has 1 aromatic rings. The summed E-state index contributed by atoms with van der Waals surface area (Å²) in [5.41, 5.74) is 2.81. The van der Waals surface area contributed by atoms with Crippen LogP contribution in [0.4, 0.5) is 13.2 Å². The van der Waals surface area contributed by atoms with E-state index in [1.54, 1.807) is 6.26 Å². The van der Waals surface area contributed by atoms with Crippen LogP contribution in [-0.2, 0) is 0 Å². The number of fused-ring (bicyclic) bond motifs is 1. The van der Waals surface area contributed by atoms with Crippen LogP contribution in [0, 0.1) is 11.6 Å². The fourth-order valence-electron chi connectivity index (χ4n) is 2.54. The Bertz CT molecular complexity index is 517. The van der Waals surface area contributed by atoms with Crippen LogP contribution in [0.5, 0.6) is 0 Å². The van der Waals surface area contributed by atoms with Gasteiger partial charge < -0.3 is 0 Å². The lowest BCUT2D eigenvalue weighted by atomic mass is 10.0. The number of aliphatic imine (C=N–C) groups is 1. The summed E-state index contributed by atoms with van der Waals surface area (Å²) in [4.78, 5) is 4.16. The predicted octanol–water partition coefficient (Wildman–Crippen LogP) is 2.61. The number of amidine groups is 1. The van der Waals surface area contributed by atoms with Gasteiger partial charge in [0, 0.05) is 12.0 Å². The Morgan fingerprint density at radius 3 is 2.68 bits per heavy atom. The van der Waals surface area contributed by atoms with Gasteiger partial charge in [0.25, 0.3) is 0 Å². The maximum Gasteiger partial charge on any atom is 0.172 e. The molecule has 3 nitrogen and oxygen atoms in total. The number of nitrogens with one attached hydrogen (secondary N) is 1. The lowest BCUT2D eigenvalue weighted by molar-refractivity contribution is 0.156. The summed E-state index contributed by atoms with van der Waals surface area (Å²) in [5, 5.41) is 2.06. The second-order valence-electron chi connectivity index (χ2n) is 4.47. The number of hydrogen-bond acceptors (Lipinski definition) is 4. The molecule has 19 heavy (non-hydrogen) atoms. The molecule has 2 heterocycles. The Kier molecular flexibility index (Phi) is 3.18. The van der Waals surface area contributed by atoms with Gasteiger partial charge in [-0.3, -0.25) is 5.43 Å². The maximum absolute atomic E-state index is 13.9. The van der Waals surface area contributed by atoms with Gasteiger partial charge in [0.05, 0.1) is 6.04 Å². The van der Waals surface area contributed by atoms with Gasteiger partial charge in [0.15, 0.2) is 11.3 Å². The van der Waals surface area contributed by atoms with E-state index in [9.17, 15) is 13.2 Å². The van der Waals surface area contributed by atoms with Crippen molar-refractivity contribution in [2.45, 2.75) is 24.8 Å². The third-order valence-corrected chi connectivity index (χ3v) is 3.98. The topological polar surface area (TPSA) is 27.6 Å². The fourth-order valence-corrected chi connectivity index (χ4v) is 2.95. The fraction of sp³-hybridized carbons (Fsp3) is 0.417. The monoisotopic (exact) mass is 287 g/mol. The molecule has 1 N–H and O–H groups in total. The van der Waals surface area contributed by atoms with E-state index >= 15 is 0 Å². The van der Waals surface area contributed by atoms with E-state index in [1.807, 2.05) is 0 Å². The quantitative estimate of drug-likeness (QED) is 0.860. The average Bonchev–Trinajstić information content (AvgIpc) is 2.91. The second kappa shape index (κ2) is 4.72. The first-order valence-corrected chi connectivity index (χ1v) is 7.09. The van der Waals surface area contributed by atoms with E-state index in [2.05, 4.69) is 10.4 Å². The molecule has 2 aliphatic rings. The van der Waals surface area contributed by atoms with Crippen LogP contribution in [0.3, 0.4) is 0 Å². The minimum Gasteiger partial charge on any atom is -0.295 e. The van der Waals surface area contributed by atoms with Crippen molar-refractivity contribution in [2.24, 2.45) is 4.99 Å². The highest BCUT2D eigenvalue weighted by Gasteiger charge is 2.47. The normalized spacial score (nSPS) is 30.1. The van der Waals surface area contributed by atoms with E-state index in [4.69, 9.17) is 0 Å². The molecule has 3 rings (SSSR count). The van der Waals surface area contributed by atoms with Crippen LogP contribution in [0.2, 0.25) is 0 Å². The minimum absolute atomic E-state index is 0.0285. The van der Waals surface area contributed by atoms with Crippen LogP contribution in [0.1, 0.15) is 18.0 Å². The van der Waals surface area contributed by atoms with Crippen molar-refractivity contribution in [2.75, 3.05) is 6.26 Å². The number of alkyl halides is 1. The SMILES string of the molecule is CSC1=NC2[C@@H](F)C[C@@H](c3c(F)cccc3F)N2N1. The molecule has 0 bridgehead atoms. The Morgan fingerprint density at radius 1 is 1.37 bits per heavy atom. The Morgan fingerprint density at radius 2 is 2.05 bits per heavy atom. The first kappa shape index (κ1) is 12.8. The summed E-state index contributed by atoms with van der Waals surface area (Å²) in [7, 11) is 0.